The van der Waals surface area contributed by atoms with Crippen LogP contribution in [0.4, 0.5) is 0 Å². The molecular weight excluding hydrogens is 360 g/mol. The zero-order valence-corrected chi connectivity index (χ0v) is 16.9. The monoisotopic (exact) mass is 388 g/mol. The Hall–Kier alpha value is -2.38. The molecule has 7 heteroatoms. The second-order valence-corrected chi connectivity index (χ2v) is 7.58. The van der Waals surface area contributed by atoms with Crippen LogP contribution < -0.4 is 14.2 Å². The molecule has 0 radical (unpaired) electrons. The van der Waals surface area contributed by atoms with Gasteiger partial charge in [0.2, 0.25) is 5.75 Å². The van der Waals surface area contributed by atoms with E-state index in [1.807, 2.05) is 25.1 Å². The highest BCUT2D eigenvalue weighted by Crippen LogP contribution is 2.33. The molecule has 7 nitrogen and oxygen atoms in total. The maximum Gasteiger partial charge on any atom is 0.261 e. The number of ether oxygens (including phenoxy) is 5. The van der Waals surface area contributed by atoms with Crippen molar-refractivity contribution < 1.29 is 23.7 Å². The second-order valence-electron chi connectivity index (χ2n) is 7.58. The molecule has 0 spiro atoms. The summed E-state index contributed by atoms with van der Waals surface area (Å²) in [5, 5.41) is 0. The molecule has 28 heavy (non-hydrogen) atoms. The smallest absolute Gasteiger partial charge is 0.261 e. The molecule has 0 saturated carbocycles. The summed E-state index contributed by atoms with van der Waals surface area (Å²) in [6, 6.07) is 7.36. The van der Waals surface area contributed by atoms with Gasteiger partial charge in [-0.05, 0) is 25.5 Å². The van der Waals surface area contributed by atoms with E-state index >= 15 is 0 Å². The van der Waals surface area contributed by atoms with Crippen LogP contribution >= 0.6 is 0 Å². The van der Waals surface area contributed by atoms with E-state index < -0.39 is 0 Å². The Labute approximate surface area is 166 Å². The van der Waals surface area contributed by atoms with Crippen molar-refractivity contribution in [1.29, 1.82) is 0 Å². The highest BCUT2D eigenvalue weighted by molar-refractivity contribution is 5.42. The van der Waals surface area contributed by atoms with Gasteiger partial charge in [0.05, 0.1) is 32.6 Å². The van der Waals surface area contributed by atoms with Crippen LogP contribution in [-0.4, -0.2) is 43.2 Å². The number of aromatic nitrogens is 2. The molecule has 1 aromatic heterocycles. The van der Waals surface area contributed by atoms with Crippen LogP contribution in [0.25, 0.3) is 0 Å². The molecule has 1 saturated heterocycles. The molecule has 152 valence electrons. The summed E-state index contributed by atoms with van der Waals surface area (Å²) >= 11 is 0. The molecule has 0 aliphatic carbocycles. The minimum absolute atomic E-state index is 0.0812. The Morgan fingerprint density at radius 1 is 1.14 bits per heavy atom. The highest BCUT2D eigenvalue weighted by Gasteiger charge is 2.27. The minimum Gasteiger partial charge on any atom is -0.497 e. The first kappa shape index (κ1) is 20.4. The van der Waals surface area contributed by atoms with Gasteiger partial charge in [-0.15, -0.1) is 0 Å². The summed E-state index contributed by atoms with van der Waals surface area (Å²) in [4.78, 5) is 8.44. The summed E-state index contributed by atoms with van der Waals surface area (Å²) in [7, 11) is 1.62. The van der Waals surface area contributed by atoms with Crippen molar-refractivity contribution in [1.82, 2.24) is 9.97 Å². The fourth-order valence-electron chi connectivity index (χ4n) is 2.76. The van der Waals surface area contributed by atoms with Crippen molar-refractivity contribution in [2.45, 2.75) is 39.9 Å². The number of hydrogen-bond acceptors (Lipinski definition) is 7. The van der Waals surface area contributed by atoms with Crippen molar-refractivity contribution in [2.24, 2.45) is 5.41 Å². The van der Waals surface area contributed by atoms with Crippen molar-refractivity contribution in [2.75, 3.05) is 26.9 Å². The molecule has 1 aliphatic heterocycles. The molecule has 2 heterocycles. The lowest BCUT2D eigenvalue weighted by atomic mass is 9.95. The van der Waals surface area contributed by atoms with E-state index in [1.54, 1.807) is 13.2 Å². The summed E-state index contributed by atoms with van der Waals surface area (Å²) in [6.45, 7) is 8.03. The van der Waals surface area contributed by atoms with Crippen LogP contribution in [0.1, 0.15) is 32.4 Å². The molecule has 0 atom stereocenters. The third kappa shape index (κ3) is 5.56. The van der Waals surface area contributed by atoms with Crippen LogP contribution in [0.15, 0.2) is 30.6 Å². The molecule has 0 N–H and O–H groups in total. The van der Waals surface area contributed by atoms with Gasteiger partial charge < -0.3 is 23.7 Å². The van der Waals surface area contributed by atoms with Crippen LogP contribution in [0.3, 0.4) is 0 Å². The number of benzene rings is 1. The van der Waals surface area contributed by atoms with E-state index in [4.69, 9.17) is 23.7 Å². The van der Waals surface area contributed by atoms with Crippen LogP contribution in [0, 0.1) is 12.3 Å². The topological polar surface area (TPSA) is 71.9 Å². The van der Waals surface area contributed by atoms with Crippen molar-refractivity contribution in [3.05, 3.63) is 36.3 Å². The van der Waals surface area contributed by atoms with E-state index in [9.17, 15) is 0 Å². The Bertz CT molecular complexity index is 771. The summed E-state index contributed by atoms with van der Waals surface area (Å²) < 4.78 is 28.6. The van der Waals surface area contributed by atoms with Gasteiger partial charge in [0, 0.05) is 17.9 Å². The Morgan fingerprint density at radius 3 is 2.64 bits per heavy atom. The molecule has 3 rings (SSSR count). The van der Waals surface area contributed by atoms with Gasteiger partial charge in [-0.2, -0.15) is 4.98 Å². The third-order valence-corrected chi connectivity index (χ3v) is 4.35. The lowest BCUT2D eigenvalue weighted by Gasteiger charge is -2.34. The Balaban J connectivity index is 1.55. The van der Waals surface area contributed by atoms with Gasteiger partial charge >= 0.3 is 0 Å². The van der Waals surface area contributed by atoms with E-state index in [0.717, 1.165) is 12.8 Å². The van der Waals surface area contributed by atoms with Crippen molar-refractivity contribution in [3.8, 4) is 23.1 Å². The first-order valence-corrected chi connectivity index (χ1v) is 9.46. The maximum atomic E-state index is 5.97. The molecule has 0 amide bonds. The zero-order chi connectivity index (χ0) is 20.0. The van der Waals surface area contributed by atoms with Gasteiger partial charge in [0.25, 0.3) is 5.88 Å². The average molecular weight is 388 g/mol. The average Bonchev–Trinajstić information content (AvgIpc) is 2.69. The van der Waals surface area contributed by atoms with Crippen LogP contribution in [0.2, 0.25) is 0 Å². The Morgan fingerprint density at radius 2 is 1.89 bits per heavy atom. The normalized spacial score (nSPS) is 16.6. The van der Waals surface area contributed by atoms with E-state index in [0.29, 0.717) is 48.6 Å². The first-order valence-electron chi connectivity index (χ1n) is 9.46. The third-order valence-electron chi connectivity index (χ3n) is 4.35. The van der Waals surface area contributed by atoms with Crippen LogP contribution in [0.5, 0.6) is 23.1 Å². The number of methoxy groups -OCH3 is 1. The van der Waals surface area contributed by atoms with Gasteiger partial charge in [0.15, 0.2) is 6.29 Å². The van der Waals surface area contributed by atoms with E-state index in [2.05, 4.69) is 23.8 Å². The standard InChI is InChI=1S/C21H28N2O5/c1-15-19(28-17-8-5-7-16(11-17)24-4)20(23-14-22-15)25-10-6-9-18-26-12-21(2,3)13-27-18/h5,7-8,11,14,18H,6,9-10,12-13H2,1-4H3. The summed E-state index contributed by atoms with van der Waals surface area (Å²) in [5.41, 5.74) is 0.784. The molecule has 1 aliphatic rings. The van der Waals surface area contributed by atoms with E-state index in [-0.39, 0.29) is 11.7 Å². The highest BCUT2D eigenvalue weighted by atomic mass is 16.7. The number of aryl methyl sites for hydroxylation is 1. The predicted molar refractivity (Wildman–Crippen MR) is 104 cm³/mol. The fourth-order valence-corrected chi connectivity index (χ4v) is 2.76. The second kappa shape index (κ2) is 9.21. The zero-order valence-electron chi connectivity index (χ0n) is 16.9. The molecular formula is C21H28N2O5. The molecule has 1 aromatic carbocycles. The van der Waals surface area contributed by atoms with Gasteiger partial charge in [0.1, 0.15) is 17.8 Å². The molecule has 0 bridgehead atoms. The number of hydrogen-bond donors (Lipinski definition) is 0. The largest absolute Gasteiger partial charge is 0.497 e. The van der Waals surface area contributed by atoms with Gasteiger partial charge in [-0.1, -0.05) is 19.9 Å². The SMILES string of the molecule is COc1cccc(Oc2c(C)ncnc2OCCCC2OCC(C)(C)CO2)c1. The number of rotatable bonds is 8. The van der Waals surface area contributed by atoms with Crippen LogP contribution in [-0.2, 0) is 9.47 Å². The van der Waals surface area contributed by atoms with Crippen molar-refractivity contribution in [3.63, 3.8) is 0 Å². The fraction of sp³-hybridized carbons (Fsp3) is 0.524. The lowest BCUT2D eigenvalue weighted by molar-refractivity contribution is -0.224. The van der Waals surface area contributed by atoms with Gasteiger partial charge in [-0.25, -0.2) is 4.98 Å². The lowest BCUT2D eigenvalue weighted by Crippen LogP contribution is -2.37. The van der Waals surface area contributed by atoms with Gasteiger partial charge in [-0.3, -0.25) is 0 Å². The predicted octanol–water partition coefficient (Wildman–Crippen LogP) is 4.14. The molecule has 1 fully saturated rings. The Kier molecular flexibility index (Phi) is 6.70. The van der Waals surface area contributed by atoms with E-state index in [1.165, 1.54) is 6.33 Å². The molecule has 0 unspecified atom stereocenters. The summed E-state index contributed by atoms with van der Waals surface area (Å²) in [5.74, 6) is 2.27. The summed E-state index contributed by atoms with van der Waals surface area (Å²) in [6.07, 6.45) is 2.86. The van der Waals surface area contributed by atoms with Crippen molar-refractivity contribution >= 4 is 0 Å². The quantitative estimate of drug-likeness (QED) is 0.629. The molecule has 2 aromatic rings. The number of nitrogens with zero attached hydrogens (tertiary/aromatic N) is 2. The first-order chi connectivity index (χ1) is 13.5. The maximum absolute atomic E-state index is 5.97. The minimum atomic E-state index is -0.170.